The van der Waals surface area contributed by atoms with E-state index in [9.17, 15) is 0 Å². The third-order valence-corrected chi connectivity index (χ3v) is 3.91. The SMILES string of the molecule is CC(C)c1ccc(S)cc1.CCCCc1ccc(S)cc1. The molecule has 0 radical (unpaired) electrons. The minimum absolute atomic E-state index is 0.619. The van der Waals surface area contributed by atoms with Gasteiger partial charge in [0.25, 0.3) is 0 Å². The molecule has 0 saturated heterocycles. The van der Waals surface area contributed by atoms with Crippen molar-refractivity contribution in [2.75, 3.05) is 0 Å². The largest absolute Gasteiger partial charge is 0.143 e. The zero-order chi connectivity index (χ0) is 15.7. The summed E-state index contributed by atoms with van der Waals surface area (Å²) in [6.07, 6.45) is 3.75. The van der Waals surface area contributed by atoms with Crippen molar-refractivity contribution in [1.82, 2.24) is 0 Å². The highest BCUT2D eigenvalue weighted by molar-refractivity contribution is 7.80. The quantitative estimate of drug-likeness (QED) is 0.597. The lowest BCUT2D eigenvalue weighted by Gasteiger charge is -2.03. The maximum absolute atomic E-state index is 4.22. The highest BCUT2D eigenvalue weighted by Crippen LogP contribution is 2.15. The van der Waals surface area contributed by atoms with E-state index in [0.29, 0.717) is 5.92 Å². The van der Waals surface area contributed by atoms with Gasteiger partial charge in [-0.15, -0.1) is 25.3 Å². The predicted molar refractivity (Wildman–Crippen MR) is 100 cm³/mol. The van der Waals surface area contributed by atoms with Gasteiger partial charge in [0, 0.05) is 9.79 Å². The summed E-state index contributed by atoms with van der Waals surface area (Å²) < 4.78 is 0. The van der Waals surface area contributed by atoms with Crippen molar-refractivity contribution in [3.63, 3.8) is 0 Å². The molecular formula is C19H26S2. The monoisotopic (exact) mass is 318 g/mol. The van der Waals surface area contributed by atoms with E-state index in [-0.39, 0.29) is 0 Å². The van der Waals surface area contributed by atoms with Crippen molar-refractivity contribution < 1.29 is 0 Å². The molecule has 0 fully saturated rings. The number of rotatable bonds is 4. The average Bonchev–Trinajstić information content (AvgIpc) is 2.48. The van der Waals surface area contributed by atoms with Gasteiger partial charge in [-0.3, -0.25) is 0 Å². The smallest absolute Gasteiger partial charge is 0.00401 e. The van der Waals surface area contributed by atoms with Crippen LogP contribution >= 0.6 is 25.3 Å². The summed E-state index contributed by atoms with van der Waals surface area (Å²) in [6.45, 7) is 6.59. The molecule has 2 aromatic rings. The summed E-state index contributed by atoms with van der Waals surface area (Å²) in [7, 11) is 0. The number of thiol groups is 2. The first-order valence-electron chi connectivity index (χ1n) is 7.59. The van der Waals surface area contributed by atoms with E-state index in [4.69, 9.17) is 0 Å². The zero-order valence-corrected chi connectivity index (χ0v) is 15.0. The van der Waals surface area contributed by atoms with E-state index in [2.05, 4.69) is 70.3 Å². The van der Waals surface area contributed by atoms with Crippen LogP contribution in [0.2, 0.25) is 0 Å². The fourth-order valence-corrected chi connectivity index (χ4v) is 2.20. The van der Waals surface area contributed by atoms with E-state index >= 15 is 0 Å². The standard InChI is InChI=1S/C10H14S.C9H12S/c1-2-3-4-9-5-7-10(11)8-6-9;1-7(2)8-3-5-9(10)6-4-8/h5-8,11H,2-4H2,1H3;3-7,10H,1-2H3. The molecule has 0 unspecified atom stereocenters. The van der Waals surface area contributed by atoms with Crippen molar-refractivity contribution >= 4 is 25.3 Å². The molecule has 0 amide bonds. The van der Waals surface area contributed by atoms with Crippen LogP contribution in [0.1, 0.15) is 50.7 Å². The van der Waals surface area contributed by atoms with Gasteiger partial charge in [-0.05, 0) is 54.2 Å². The number of aryl methyl sites for hydroxylation is 1. The Morgan fingerprint density at radius 1 is 0.810 bits per heavy atom. The Kier molecular flexibility index (Phi) is 8.63. The lowest BCUT2D eigenvalue weighted by Crippen LogP contribution is -1.84. The van der Waals surface area contributed by atoms with Crippen LogP contribution in [0.15, 0.2) is 58.3 Å². The Balaban J connectivity index is 0.000000211. The van der Waals surface area contributed by atoms with Crippen LogP contribution in [0.4, 0.5) is 0 Å². The van der Waals surface area contributed by atoms with Crippen molar-refractivity contribution in [3.05, 3.63) is 59.7 Å². The summed E-state index contributed by atoms with van der Waals surface area (Å²) in [5.41, 5.74) is 2.79. The van der Waals surface area contributed by atoms with Gasteiger partial charge in [0.1, 0.15) is 0 Å². The van der Waals surface area contributed by atoms with Gasteiger partial charge in [-0.2, -0.15) is 0 Å². The molecule has 0 heterocycles. The topological polar surface area (TPSA) is 0 Å². The van der Waals surface area contributed by atoms with Crippen LogP contribution < -0.4 is 0 Å². The molecule has 0 N–H and O–H groups in total. The second-order valence-corrected chi connectivity index (χ2v) is 6.55. The second kappa shape index (κ2) is 9.97. The summed E-state index contributed by atoms with van der Waals surface area (Å²) in [5, 5.41) is 0. The fraction of sp³-hybridized carbons (Fsp3) is 0.368. The molecule has 0 nitrogen and oxygen atoms in total. The Labute approximate surface area is 140 Å². The third-order valence-electron chi connectivity index (χ3n) is 3.32. The Morgan fingerprint density at radius 2 is 1.29 bits per heavy atom. The molecule has 0 spiro atoms. The molecule has 0 atom stereocenters. The van der Waals surface area contributed by atoms with E-state index in [1.54, 1.807) is 0 Å². The molecule has 0 aliphatic rings. The highest BCUT2D eigenvalue weighted by Gasteiger charge is 1.95. The van der Waals surface area contributed by atoms with Crippen LogP contribution in [-0.2, 0) is 6.42 Å². The van der Waals surface area contributed by atoms with E-state index in [1.165, 1.54) is 30.4 Å². The molecular weight excluding hydrogens is 292 g/mol. The van der Waals surface area contributed by atoms with Gasteiger partial charge in [0.05, 0.1) is 0 Å². The maximum atomic E-state index is 4.22. The summed E-state index contributed by atoms with van der Waals surface area (Å²) >= 11 is 8.42. The predicted octanol–water partition coefficient (Wildman–Crippen LogP) is 6.42. The summed E-state index contributed by atoms with van der Waals surface area (Å²) in [5.74, 6) is 0.619. The molecule has 2 aromatic carbocycles. The number of benzene rings is 2. The van der Waals surface area contributed by atoms with Gasteiger partial charge < -0.3 is 0 Å². The molecule has 0 aliphatic heterocycles. The van der Waals surface area contributed by atoms with Crippen LogP contribution in [0.5, 0.6) is 0 Å². The number of hydrogen-bond donors (Lipinski definition) is 2. The average molecular weight is 319 g/mol. The van der Waals surface area contributed by atoms with Gasteiger partial charge in [0.2, 0.25) is 0 Å². The molecule has 2 rings (SSSR count). The third kappa shape index (κ3) is 7.63. The fourth-order valence-electron chi connectivity index (χ4n) is 1.90. The van der Waals surface area contributed by atoms with Crippen molar-refractivity contribution in [1.29, 1.82) is 0 Å². The second-order valence-electron chi connectivity index (χ2n) is 5.52. The highest BCUT2D eigenvalue weighted by atomic mass is 32.1. The number of unbranched alkanes of at least 4 members (excludes halogenated alkanes) is 1. The summed E-state index contributed by atoms with van der Waals surface area (Å²) in [6, 6.07) is 16.7. The number of hydrogen-bond acceptors (Lipinski definition) is 2. The van der Waals surface area contributed by atoms with Gasteiger partial charge in [-0.1, -0.05) is 51.5 Å². The molecule has 2 heteroatoms. The van der Waals surface area contributed by atoms with Crippen LogP contribution in [0, 0.1) is 0 Å². The zero-order valence-electron chi connectivity index (χ0n) is 13.2. The van der Waals surface area contributed by atoms with Crippen LogP contribution in [0.25, 0.3) is 0 Å². The van der Waals surface area contributed by atoms with E-state index in [1.807, 2.05) is 24.3 Å². The first-order valence-corrected chi connectivity index (χ1v) is 8.49. The normalized spacial score (nSPS) is 10.2. The molecule has 21 heavy (non-hydrogen) atoms. The van der Waals surface area contributed by atoms with Crippen LogP contribution in [0.3, 0.4) is 0 Å². The Bertz CT molecular complexity index is 498. The first kappa shape index (κ1) is 18.2. The molecule has 114 valence electrons. The van der Waals surface area contributed by atoms with Crippen molar-refractivity contribution in [2.24, 2.45) is 0 Å². The van der Waals surface area contributed by atoms with Crippen molar-refractivity contribution in [2.45, 2.75) is 55.7 Å². The maximum Gasteiger partial charge on any atom is 0.00401 e. The molecule has 0 aliphatic carbocycles. The lowest BCUT2D eigenvalue weighted by atomic mass is 10.0. The molecule has 0 bridgehead atoms. The summed E-state index contributed by atoms with van der Waals surface area (Å²) in [4.78, 5) is 2.08. The van der Waals surface area contributed by atoms with Gasteiger partial charge in [-0.25, -0.2) is 0 Å². The Morgan fingerprint density at radius 3 is 1.71 bits per heavy atom. The van der Waals surface area contributed by atoms with Crippen molar-refractivity contribution in [3.8, 4) is 0 Å². The minimum atomic E-state index is 0.619. The lowest BCUT2D eigenvalue weighted by molar-refractivity contribution is 0.794. The van der Waals surface area contributed by atoms with Gasteiger partial charge >= 0.3 is 0 Å². The first-order chi connectivity index (χ1) is 10.0. The van der Waals surface area contributed by atoms with E-state index in [0.717, 1.165) is 9.79 Å². The minimum Gasteiger partial charge on any atom is -0.143 e. The van der Waals surface area contributed by atoms with Crippen LogP contribution in [-0.4, -0.2) is 0 Å². The molecule has 0 aromatic heterocycles. The van der Waals surface area contributed by atoms with Gasteiger partial charge in [0.15, 0.2) is 0 Å². The molecule has 0 saturated carbocycles. The van der Waals surface area contributed by atoms with E-state index < -0.39 is 0 Å². The Hall–Kier alpha value is -0.860.